The molecule has 0 aromatic heterocycles. The maximum atomic E-state index is 12.7. The predicted molar refractivity (Wildman–Crippen MR) is 85.6 cm³/mol. The largest absolute Gasteiger partial charge is 0.399 e. The van der Waals surface area contributed by atoms with Crippen LogP contribution in [-0.2, 0) is 4.79 Å². The van der Waals surface area contributed by atoms with Crippen molar-refractivity contribution < 1.29 is 4.79 Å². The molecule has 0 aliphatic heterocycles. The Balaban J connectivity index is 2.78. The van der Waals surface area contributed by atoms with Crippen LogP contribution >= 0.6 is 0 Å². The summed E-state index contributed by atoms with van der Waals surface area (Å²) in [4.78, 5) is 14.7. The number of carbonyl (C=O) groups excluding carboxylic acids is 1. The van der Waals surface area contributed by atoms with Crippen molar-refractivity contribution >= 4 is 11.6 Å². The Labute approximate surface area is 123 Å². The van der Waals surface area contributed by atoms with E-state index in [0.717, 1.165) is 18.5 Å². The van der Waals surface area contributed by atoms with Crippen LogP contribution in [0.1, 0.15) is 58.4 Å². The van der Waals surface area contributed by atoms with E-state index in [2.05, 4.69) is 20.8 Å². The molecule has 0 aliphatic rings. The van der Waals surface area contributed by atoms with E-state index >= 15 is 0 Å². The number of benzene rings is 1. The van der Waals surface area contributed by atoms with Crippen LogP contribution < -0.4 is 5.73 Å². The van der Waals surface area contributed by atoms with Crippen LogP contribution in [0.3, 0.4) is 0 Å². The summed E-state index contributed by atoms with van der Waals surface area (Å²) in [6.45, 7) is 9.14. The fourth-order valence-electron chi connectivity index (χ4n) is 2.37. The van der Waals surface area contributed by atoms with Crippen LogP contribution in [0, 0.1) is 0 Å². The van der Waals surface area contributed by atoms with Gasteiger partial charge in [0.25, 0.3) is 0 Å². The molecule has 0 spiro atoms. The van der Waals surface area contributed by atoms with Crippen molar-refractivity contribution in [2.75, 3.05) is 12.3 Å². The van der Waals surface area contributed by atoms with Crippen molar-refractivity contribution in [3.63, 3.8) is 0 Å². The van der Waals surface area contributed by atoms with Gasteiger partial charge in [0.05, 0.1) is 5.92 Å². The summed E-state index contributed by atoms with van der Waals surface area (Å²) in [7, 11) is 0. The zero-order valence-corrected chi connectivity index (χ0v) is 13.2. The minimum atomic E-state index is -0.137. The number of nitrogen functional groups attached to an aromatic ring is 1. The second-order valence-corrected chi connectivity index (χ2v) is 5.72. The lowest BCUT2D eigenvalue weighted by atomic mass is 9.98. The number of rotatable bonds is 7. The molecule has 0 heterocycles. The average molecular weight is 276 g/mol. The van der Waals surface area contributed by atoms with Crippen LogP contribution in [0.4, 0.5) is 5.69 Å². The fourth-order valence-corrected chi connectivity index (χ4v) is 2.37. The monoisotopic (exact) mass is 276 g/mol. The van der Waals surface area contributed by atoms with E-state index in [1.54, 1.807) is 0 Å². The molecule has 1 amide bonds. The smallest absolute Gasteiger partial charge is 0.230 e. The Bertz CT molecular complexity index is 429. The van der Waals surface area contributed by atoms with Gasteiger partial charge < -0.3 is 10.6 Å². The highest BCUT2D eigenvalue weighted by atomic mass is 16.2. The van der Waals surface area contributed by atoms with Crippen molar-refractivity contribution in [1.29, 1.82) is 0 Å². The maximum Gasteiger partial charge on any atom is 0.230 e. The van der Waals surface area contributed by atoms with Gasteiger partial charge in [-0.05, 0) is 44.9 Å². The molecule has 1 rings (SSSR count). The van der Waals surface area contributed by atoms with Crippen molar-refractivity contribution in [2.45, 2.75) is 58.9 Å². The van der Waals surface area contributed by atoms with Gasteiger partial charge in [-0.25, -0.2) is 0 Å². The molecule has 1 aromatic rings. The highest BCUT2D eigenvalue weighted by Crippen LogP contribution is 2.21. The van der Waals surface area contributed by atoms with Gasteiger partial charge in [-0.1, -0.05) is 31.9 Å². The van der Waals surface area contributed by atoms with E-state index in [0.29, 0.717) is 5.69 Å². The molecular weight excluding hydrogens is 248 g/mol. The lowest BCUT2D eigenvalue weighted by Crippen LogP contribution is -2.40. The summed E-state index contributed by atoms with van der Waals surface area (Å²) in [5, 5.41) is 0. The number of nitrogens with zero attached hydrogens (tertiary/aromatic N) is 1. The Kier molecular flexibility index (Phi) is 6.56. The SMILES string of the molecule is CCCCCN(C(=O)C(C)c1cccc(N)c1)C(C)C. The number of nitrogens with two attached hydrogens (primary N) is 1. The van der Waals surface area contributed by atoms with Gasteiger partial charge in [-0.3, -0.25) is 4.79 Å². The Hall–Kier alpha value is -1.51. The van der Waals surface area contributed by atoms with E-state index in [9.17, 15) is 4.79 Å². The summed E-state index contributed by atoms with van der Waals surface area (Å²) in [6.07, 6.45) is 3.41. The molecule has 3 heteroatoms. The molecule has 0 fully saturated rings. The Morgan fingerprint density at radius 3 is 2.50 bits per heavy atom. The second-order valence-electron chi connectivity index (χ2n) is 5.72. The first-order valence-corrected chi connectivity index (χ1v) is 7.63. The van der Waals surface area contributed by atoms with Gasteiger partial charge in [0, 0.05) is 18.3 Å². The molecule has 0 saturated carbocycles. The molecule has 1 unspecified atom stereocenters. The first-order chi connectivity index (χ1) is 9.47. The van der Waals surface area contributed by atoms with Gasteiger partial charge in [0.1, 0.15) is 0 Å². The predicted octanol–water partition coefficient (Wildman–Crippen LogP) is 3.80. The number of hydrogen-bond acceptors (Lipinski definition) is 2. The van der Waals surface area contributed by atoms with Gasteiger partial charge in [0.15, 0.2) is 0 Å². The van der Waals surface area contributed by atoms with Crippen LogP contribution in [-0.4, -0.2) is 23.4 Å². The molecule has 20 heavy (non-hydrogen) atoms. The topological polar surface area (TPSA) is 46.3 Å². The van der Waals surface area contributed by atoms with Crippen LogP contribution in [0.15, 0.2) is 24.3 Å². The Morgan fingerprint density at radius 2 is 1.95 bits per heavy atom. The summed E-state index contributed by atoms with van der Waals surface area (Å²) < 4.78 is 0. The molecule has 0 bridgehead atoms. The van der Waals surface area contributed by atoms with Crippen molar-refractivity contribution in [3.8, 4) is 0 Å². The summed E-state index contributed by atoms with van der Waals surface area (Å²) >= 11 is 0. The lowest BCUT2D eigenvalue weighted by molar-refractivity contribution is -0.134. The second kappa shape index (κ2) is 7.93. The van der Waals surface area contributed by atoms with E-state index in [4.69, 9.17) is 5.73 Å². The molecule has 1 aromatic carbocycles. The number of carbonyl (C=O) groups is 1. The van der Waals surface area contributed by atoms with Crippen molar-refractivity contribution in [3.05, 3.63) is 29.8 Å². The van der Waals surface area contributed by atoms with E-state index < -0.39 is 0 Å². The van der Waals surface area contributed by atoms with Crippen molar-refractivity contribution in [2.24, 2.45) is 0 Å². The highest BCUT2D eigenvalue weighted by Gasteiger charge is 2.23. The number of anilines is 1. The summed E-state index contributed by atoms with van der Waals surface area (Å²) in [6, 6.07) is 7.87. The quantitative estimate of drug-likeness (QED) is 0.608. The van der Waals surface area contributed by atoms with E-state index in [-0.39, 0.29) is 17.9 Å². The molecule has 0 radical (unpaired) electrons. The van der Waals surface area contributed by atoms with E-state index in [1.807, 2.05) is 36.1 Å². The fraction of sp³-hybridized carbons (Fsp3) is 0.588. The van der Waals surface area contributed by atoms with Crippen LogP contribution in [0.5, 0.6) is 0 Å². The normalized spacial score (nSPS) is 12.4. The zero-order valence-electron chi connectivity index (χ0n) is 13.2. The van der Waals surface area contributed by atoms with Crippen LogP contribution in [0.25, 0.3) is 0 Å². The third-order valence-corrected chi connectivity index (χ3v) is 3.69. The maximum absolute atomic E-state index is 12.7. The molecule has 2 N–H and O–H groups in total. The van der Waals surface area contributed by atoms with Gasteiger partial charge in [-0.15, -0.1) is 0 Å². The van der Waals surface area contributed by atoms with Gasteiger partial charge >= 0.3 is 0 Å². The third-order valence-electron chi connectivity index (χ3n) is 3.69. The molecule has 0 saturated heterocycles. The van der Waals surface area contributed by atoms with Gasteiger partial charge in [0.2, 0.25) is 5.91 Å². The zero-order chi connectivity index (χ0) is 15.1. The first-order valence-electron chi connectivity index (χ1n) is 7.63. The number of unbranched alkanes of at least 4 members (excludes halogenated alkanes) is 2. The molecule has 3 nitrogen and oxygen atoms in total. The molecule has 112 valence electrons. The molecule has 0 aliphatic carbocycles. The van der Waals surface area contributed by atoms with Crippen molar-refractivity contribution in [1.82, 2.24) is 4.90 Å². The number of hydrogen-bond donors (Lipinski definition) is 1. The molecular formula is C17H28N2O. The average Bonchev–Trinajstić information content (AvgIpc) is 2.41. The number of amides is 1. The lowest BCUT2D eigenvalue weighted by Gasteiger charge is -2.29. The molecule has 1 atom stereocenters. The third kappa shape index (κ3) is 4.55. The van der Waals surface area contributed by atoms with Crippen LogP contribution in [0.2, 0.25) is 0 Å². The minimum absolute atomic E-state index is 0.137. The standard InChI is InChI=1S/C17H28N2O/c1-5-6-7-11-19(13(2)3)17(20)14(4)15-9-8-10-16(18)12-15/h8-10,12-14H,5-7,11,18H2,1-4H3. The Morgan fingerprint density at radius 1 is 1.25 bits per heavy atom. The first kappa shape index (κ1) is 16.5. The summed E-state index contributed by atoms with van der Waals surface area (Å²) in [5.74, 6) is 0.0595. The highest BCUT2D eigenvalue weighted by molar-refractivity contribution is 5.83. The van der Waals surface area contributed by atoms with Gasteiger partial charge in [-0.2, -0.15) is 0 Å². The minimum Gasteiger partial charge on any atom is -0.399 e. The van der Waals surface area contributed by atoms with E-state index in [1.165, 1.54) is 12.8 Å². The summed E-state index contributed by atoms with van der Waals surface area (Å²) in [5.41, 5.74) is 7.51.